The molecule has 1 heterocycles. The van der Waals surface area contributed by atoms with E-state index in [1.165, 1.54) is 36.7 Å². The number of ether oxygens (including phenoxy) is 2. The molecule has 8 heteroatoms. The molecule has 7 nitrogen and oxygen atoms in total. The minimum atomic E-state index is -3.64. The summed E-state index contributed by atoms with van der Waals surface area (Å²) < 4.78 is 36.4. The van der Waals surface area contributed by atoms with Gasteiger partial charge in [-0.05, 0) is 18.2 Å². The molecule has 0 saturated carbocycles. The number of nitrogens with zero attached hydrogens (tertiary/aromatic N) is 1. The lowest BCUT2D eigenvalue weighted by atomic mass is 10.2. The molecule has 1 aromatic rings. The minimum Gasteiger partial charge on any atom is -0.495 e. The molecule has 0 radical (unpaired) electrons. The summed E-state index contributed by atoms with van der Waals surface area (Å²) in [6, 6.07) is 4.17. The van der Waals surface area contributed by atoms with Crippen molar-refractivity contribution in [1.29, 1.82) is 0 Å². The Morgan fingerprint density at radius 3 is 2.48 bits per heavy atom. The zero-order chi connectivity index (χ0) is 15.5. The van der Waals surface area contributed by atoms with Gasteiger partial charge in [-0.15, -0.1) is 0 Å². The highest BCUT2D eigenvalue weighted by Crippen LogP contribution is 2.28. The van der Waals surface area contributed by atoms with Gasteiger partial charge < -0.3 is 14.8 Å². The zero-order valence-electron chi connectivity index (χ0n) is 12.0. The molecule has 0 spiro atoms. The van der Waals surface area contributed by atoms with Crippen LogP contribution in [0.25, 0.3) is 0 Å². The first kappa shape index (κ1) is 15.7. The third-order valence-electron chi connectivity index (χ3n) is 3.28. The number of carbonyl (C=O) groups is 1. The Kier molecular flexibility index (Phi) is 4.81. The molecule has 1 aromatic carbocycles. The van der Waals surface area contributed by atoms with Crippen LogP contribution in [0.3, 0.4) is 0 Å². The number of methoxy groups -OCH3 is 2. The van der Waals surface area contributed by atoms with Gasteiger partial charge in [-0.3, -0.25) is 0 Å². The Bertz CT molecular complexity index is 623. The number of benzene rings is 1. The number of hydrogen-bond acceptors (Lipinski definition) is 6. The molecule has 0 unspecified atom stereocenters. The third-order valence-corrected chi connectivity index (χ3v) is 5.22. The Hall–Kier alpha value is -1.64. The van der Waals surface area contributed by atoms with Crippen LogP contribution in [-0.4, -0.2) is 59.1 Å². The molecule has 1 fully saturated rings. The second kappa shape index (κ2) is 6.42. The molecule has 0 aliphatic carbocycles. The van der Waals surface area contributed by atoms with Gasteiger partial charge in [-0.1, -0.05) is 0 Å². The van der Waals surface area contributed by atoms with E-state index in [1.54, 1.807) is 0 Å². The second-order valence-electron chi connectivity index (χ2n) is 4.51. The maximum absolute atomic E-state index is 12.6. The summed E-state index contributed by atoms with van der Waals surface area (Å²) in [5.74, 6) is -0.407. The number of hydrogen-bond donors (Lipinski definition) is 1. The smallest absolute Gasteiger partial charge is 0.337 e. The molecule has 0 atom stereocenters. The van der Waals surface area contributed by atoms with Gasteiger partial charge >= 0.3 is 5.97 Å². The number of sulfonamides is 1. The fourth-order valence-corrected chi connectivity index (χ4v) is 3.73. The first-order chi connectivity index (χ1) is 10.0. The second-order valence-corrected chi connectivity index (χ2v) is 6.42. The van der Waals surface area contributed by atoms with E-state index < -0.39 is 16.0 Å². The number of rotatable bonds is 4. The summed E-state index contributed by atoms with van der Waals surface area (Å²) in [5, 5.41) is 3.10. The van der Waals surface area contributed by atoms with E-state index in [0.29, 0.717) is 26.2 Å². The van der Waals surface area contributed by atoms with Gasteiger partial charge in [0.1, 0.15) is 10.6 Å². The molecule has 0 aromatic heterocycles. The molecule has 0 bridgehead atoms. The van der Waals surface area contributed by atoms with Crippen LogP contribution in [0.2, 0.25) is 0 Å². The summed E-state index contributed by atoms with van der Waals surface area (Å²) in [6.45, 7) is 2.04. The Morgan fingerprint density at radius 1 is 1.24 bits per heavy atom. The molecule has 116 valence electrons. The predicted octanol–water partition coefficient (Wildman–Crippen LogP) is 0.0757. The zero-order valence-corrected chi connectivity index (χ0v) is 12.8. The highest BCUT2D eigenvalue weighted by Gasteiger charge is 2.29. The largest absolute Gasteiger partial charge is 0.495 e. The van der Waals surface area contributed by atoms with Crippen LogP contribution in [0.5, 0.6) is 5.75 Å². The molecular weight excluding hydrogens is 296 g/mol. The topological polar surface area (TPSA) is 84.9 Å². The summed E-state index contributed by atoms with van der Waals surface area (Å²) in [6.07, 6.45) is 0. The maximum Gasteiger partial charge on any atom is 0.337 e. The van der Waals surface area contributed by atoms with Gasteiger partial charge in [0.05, 0.1) is 19.8 Å². The fraction of sp³-hybridized carbons (Fsp3) is 0.462. The van der Waals surface area contributed by atoms with E-state index in [9.17, 15) is 13.2 Å². The van der Waals surface area contributed by atoms with Crippen molar-refractivity contribution in [2.45, 2.75) is 4.90 Å². The Labute approximate surface area is 123 Å². The molecule has 0 amide bonds. The van der Waals surface area contributed by atoms with E-state index in [-0.39, 0.29) is 16.2 Å². The van der Waals surface area contributed by atoms with Crippen LogP contribution >= 0.6 is 0 Å². The number of carbonyl (C=O) groups excluding carboxylic acids is 1. The molecule has 1 saturated heterocycles. The number of nitrogens with one attached hydrogen (secondary N) is 1. The highest BCUT2D eigenvalue weighted by molar-refractivity contribution is 7.89. The quantitative estimate of drug-likeness (QED) is 0.792. The molecule has 1 N–H and O–H groups in total. The van der Waals surface area contributed by atoms with Crippen LogP contribution in [0, 0.1) is 0 Å². The van der Waals surface area contributed by atoms with Gasteiger partial charge in [0, 0.05) is 26.2 Å². The van der Waals surface area contributed by atoms with Gasteiger partial charge in [0.2, 0.25) is 10.0 Å². The molecule has 1 aliphatic heterocycles. The highest BCUT2D eigenvalue weighted by atomic mass is 32.2. The van der Waals surface area contributed by atoms with Gasteiger partial charge in [-0.25, -0.2) is 13.2 Å². The van der Waals surface area contributed by atoms with Crippen molar-refractivity contribution in [2.24, 2.45) is 0 Å². The fourth-order valence-electron chi connectivity index (χ4n) is 2.15. The standard InChI is InChI=1S/C13H18N2O5S/c1-19-11-9-10(13(16)20-2)3-4-12(11)21(17,18)15-7-5-14-6-8-15/h3-4,9,14H,5-8H2,1-2H3. The number of esters is 1. The van der Waals surface area contributed by atoms with Gasteiger partial charge in [0.15, 0.2) is 0 Å². The van der Waals surface area contributed by atoms with Crippen molar-refractivity contribution in [2.75, 3.05) is 40.4 Å². The van der Waals surface area contributed by atoms with Crippen molar-refractivity contribution in [1.82, 2.24) is 9.62 Å². The maximum atomic E-state index is 12.6. The lowest BCUT2D eigenvalue weighted by molar-refractivity contribution is 0.0600. The van der Waals surface area contributed by atoms with E-state index in [2.05, 4.69) is 10.1 Å². The molecular formula is C13H18N2O5S. The lowest BCUT2D eigenvalue weighted by Crippen LogP contribution is -2.46. The van der Waals surface area contributed by atoms with Gasteiger partial charge in [-0.2, -0.15) is 4.31 Å². The van der Waals surface area contributed by atoms with Crippen molar-refractivity contribution in [3.05, 3.63) is 23.8 Å². The van der Waals surface area contributed by atoms with Crippen molar-refractivity contribution in [3.8, 4) is 5.75 Å². The third kappa shape index (κ3) is 3.17. The Balaban J connectivity index is 2.40. The van der Waals surface area contributed by atoms with E-state index >= 15 is 0 Å². The average Bonchev–Trinajstić information content (AvgIpc) is 2.54. The predicted molar refractivity (Wildman–Crippen MR) is 76.0 cm³/mol. The SMILES string of the molecule is COC(=O)c1ccc(S(=O)(=O)N2CCNCC2)c(OC)c1. The van der Waals surface area contributed by atoms with Crippen molar-refractivity contribution >= 4 is 16.0 Å². The van der Waals surface area contributed by atoms with Crippen LogP contribution in [0.4, 0.5) is 0 Å². The van der Waals surface area contributed by atoms with E-state index in [0.717, 1.165) is 0 Å². The van der Waals surface area contributed by atoms with Crippen LogP contribution in [0.15, 0.2) is 23.1 Å². The monoisotopic (exact) mass is 314 g/mol. The summed E-state index contributed by atoms with van der Waals surface area (Å²) >= 11 is 0. The number of piperazine rings is 1. The molecule has 21 heavy (non-hydrogen) atoms. The van der Waals surface area contributed by atoms with Crippen LogP contribution in [0.1, 0.15) is 10.4 Å². The van der Waals surface area contributed by atoms with Crippen molar-refractivity contribution < 1.29 is 22.7 Å². The first-order valence-electron chi connectivity index (χ1n) is 6.48. The van der Waals surface area contributed by atoms with Gasteiger partial charge in [0.25, 0.3) is 0 Å². The van der Waals surface area contributed by atoms with E-state index in [4.69, 9.17) is 4.74 Å². The van der Waals surface area contributed by atoms with E-state index in [1.807, 2.05) is 0 Å². The summed E-state index contributed by atoms with van der Waals surface area (Å²) in [7, 11) is -1.01. The van der Waals surface area contributed by atoms with Crippen molar-refractivity contribution in [3.63, 3.8) is 0 Å². The normalized spacial score (nSPS) is 16.5. The lowest BCUT2D eigenvalue weighted by Gasteiger charge is -2.27. The molecule has 2 rings (SSSR count). The average molecular weight is 314 g/mol. The molecule has 1 aliphatic rings. The summed E-state index contributed by atoms with van der Waals surface area (Å²) in [5.41, 5.74) is 0.244. The summed E-state index contributed by atoms with van der Waals surface area (Å²) in [4.78, 5) is 11.6. The van der Waals surface area contributed by atoms with Crippen LogP contribution in [-0.2, 0) is 14.8 Å². The minimum absolute atomic E-state index is 0.0551. The Morgan fingerprint density at radius 2 is 1.90 bits per heavy atom. The first-order valence-corrected chi connectivity index (χ1v) is 7.92. The van der Waals surface area contributed by atoms with Crippen LogP contribution < -0.4 is 10.1 Å².